The molecule has 202 valence electrons. The fourth-order valence-corrected chi connectivity index (χ4v) is 6.00. The van der Waals surface area contributed by atoms with Crippen molar-refractivity contribution in [3.8, 4) is 0 Å². The molecule has 0 saturated carbocycles. The van der Waals surface area contributed by atoms with Crippen LogP contribution in [0.5, 0.6) is 0 Å². The van der Waals surface area contributed by atoms with Crippen molar-refractivity contribution in [2.75, 3.05) is 24.6 Å². The van der Waals surface area contributed by atoms with Crippen molar-refractivity contribution in [1.82, 2.24) is 10.2 Å². The minimum absolute atomic E-state index is 0.0133. The second-order valence-corrected chi connectivity index (χ2v) is 16.0. The predicted molar refractivity (Wildman–Crippen MR) is 140 cm³/mol. The molecule has 2 atom stereocenters. The summed E-state index contributed by atoms with van der Waals surface area (Å²) in [7, 11) is -1.99. The van der Waals surface area contributed by atoms with Gasteiger partial charge in [-0.2, -0.15) is 0 Å². The highest BCUT2D eigenvalue weighted by molar-refractivity contribution is 6.74. The molecule has 37 heavy (non-hydrogen) atoms. The van der Waals surface area contributed by atoms with Crippen LogP contribution < -0.4 is 10.2 Å². The number of benzene rings is 1. The molecule has 1 saturated heterocycles. The number of dihydropyridines is 1. The molecule has 1 aromatic rings. The third-order valence-electron chi connectivity index (χ3n) is 7.58. The number of carbonyl (C=O) groups excluding carboxylic acids is 1. The van der Waals surface area contributed by atoms with Gasteiger partial charge in [-0.25, -0.2) is 18.0 Å². The molecule has 2 unspecified atom stereocenters. The molecule has 3 aliphatic heterocycles. The number of nitrogens with zero attached hydrogens (tertiary/aromatic N) is 2. The standard InChI is InChI=1S/C27H36F3N3O3Si/c1-7-35-26(34)18-12-17-13-22(30)25(32-11-10-20(16-32)36-37(5,6)27(2,3)4)31-24(17)33(15-18)23-9-8-19(28)14-21(23)29/h8-9,13-15,20,24,31H,7,10-12,16H2,1-6H3. The predicted octanol–water partition coefficient (Wildman–Crippen LogP) is 5.71. The Labute approximate surface area is 217 Å². The number of hydrogen-bond donors (Lipinski definition) is 1. The Morgan fingerprint density at radius 2 is 1.95 bits per heavy atom. The number of nitrogens with one attached hydrogen (secondary N) is 1. The molecule has 0 bridgehead atoms. The second kappa shape index (κ2) is 10.2. The van der Waals surface area contributed by atoms with E-state index in [9.17, 15) is 13.6 Å². The number of carbonyl (C=O) groups is 1. The molecule has 3 aliphatic rings. The molecule has 10 heteroatoms. The zero-order valence-electron chi connectivity index (χ0n) is 22.3. The molecule has 0 radical (unpaired) electrons. The highest BCUT2D eigenvalue weighted by Gasteiger charge is 2.42. The van der Waals surface area contributed by atoms with Gasteiger partial charge < -0.3 is 24.3 Å². The Morgan fingerprint density at radius 3 is 2.59 bits per heavy atom. The first-order valence-corrected chi connectivity index (χ1v) is 15.6. The van der Waals surface area contributed by atoms with Crippen LogP contribution in [0.3, 0.4) is 0 Å². The van der Waals surface area contributed by atoms with E-state index in [1.165, 1.54) is 23.2 Å². The molecule has 0 aliphatic carbocycles. The minimum Gasteiger partial charge on any atom is -0.463 e. The van der Waals surface area contributed by atoms with Crippen molar-refractivity contribution >= 4 is 20.0 Å². The molecular weight excluding hydrogens is 499 g/mol. The van der Waals surface area contributed by atoms with E-state index in [0.717, 1.165) is 18.6 Å². The molecular formula is C27H36F3N3O3Si. The molecule has 3 heterocycles. The van der Waals surface area contributed by atoms with E-state index in [1.54, 1.807) is 6.92 Å². The summed E-state index contributed by atoms with van der Waals surface area (Å²) >= 11 is 0. The van der Waals surface area contributed by atoms with Crippen LogP contribution in [0.2, 0.25) is 18.1 Å². The van der Waals surface area contributed by atoms with Crippen LogP contribution in [0.1, 0.15) is 40.5 Å². The molecule has 0 amide bonds. The number of esters is 1. The number of likely N-dealkylation sites (tertiary alicyclic amines) is 1. The van der Waals surface area contributed by atoms with Gasteiger partial charge in [-0.05, 0) is 55.3 Å². The normalized spacial score (nSPS) is 22.4. The van der Waals surface area contributed by atoms with Gasteiger partial charge in [0.05, 0.1) is 24.0 Å². The van der Waals surface area contributed by atoms with Gasteiger partial charge in [0.25, 0.3) is 0 Å². The summed E-state index contributed by atoms with van der Waals surface area (Å²) in [4.78, 5) is 15.9. The van der Waals surface area contributed by atoms with E-state index < -0.39 is 37.9 Å². The number of hydrogen-bond acceptors (Lipinski definition) is 6. The quantitative estimate of drug-likeness (QED) is 0.372. The van der Waals surface area contributed by atoms with Crippen LogP contribution in [-0.4, -0.2) is 51.2 Å². The monoisotopic (exact) mass is 535 g/mol. The van der Waals surface area contributed by atoms with Crippen LogP contribution in [0, 0.1) is 11.6 Å². The molecule has 1 aromatic carbocycles. The Morgan fingerprint density at radius 1 is 1.22 bits per heavy atom. The van der Waals surface area contributed by atoms with E-state index in [0.29, 0.717) is 24.5 Å². The number of halogens is 3. The Bertz CT molecular complexity index is 1160. The van der Waals surface area contributed by atoms with Gasteiger partial charge in [0.2, 0.25) is 0 Å². The van der Waals surface area contributed by atoms with Gasteiger partial charge >= 0.3 is 5.97 Å². The van der Waals surface area contributed by atoms with E-state index in [2.05, 4.69) is 39.2 Å². The summed E-state index contributed by atoms with van der Waals surface area (Å²) in [6, 6.07) is 3.24. The number of fused-ring (bicyclic) bond motifs is 1. The maximum absolute atomic E-state index is 15.5. The molecule has 4 rings (SSSR count). The van der Waals surface area contributed by atoms with Gasteiger partial charge in [-0.15, -0.1) is 0 Å². The highest BCUT2D eigenvalue weighted by Crippen LogP contribution is 2.40. The van der Waals surface area contributed by atoms with Gasteiger partial charge in [-0.3, -0.25) is 0 Å². The molecule has 1 N–H and O–H groups in total. The number of anilines is 1. The lowest BCUT2D eigenvalue weighted by Crippen LogP contribution is -2.51. The summed E-state index contributed by atoms with van der Waals surface area (Å²) in [5, 5.41) is 3.30. The first kappa shape index (κ1) is 27.3. The van der Waals surface area contributed by atoms with Gasteiger partial charge in [0, 0.05) is 31.8 Å². The lowest BCUT2D eigenvalue weighted by Gasteiger charge is -2.42. The van der Waals surface area contributed by atoms with Crippen molar-refractivity contribution in [2.24, 2.45) is 0 Å². The average molecular weight is 536 g/mol. The van der Waals surface area contributed by atoms with Crippen molar-refractivity contribution in [3.63, 3.8) is 0 Å². The summed E-state index contributed by atoms with van der Waals surface area (Å²) in [5.41, 5.74) is 0.868. The van der Waals surface area contributed by atoms with E-state index in [1.807, 2.05) is 4.90 Å². The largest absolute Gasteiger partial charge is 0.463 e. The zero-order valence-corrected chi connectivity index (χ0v) is 23.3. The summed E-state index contributed by atoms with van der Waals surface area (Å²) in [6.45, 7) is 14.0. The second-order valence-electron chi connectivity index (χ2n) is 11.3. The van der Waals surface area contributed by atoms with Crippen LogP contribution in [-0.2, 0) is 14.0 Å². The average Bonchev–Trinajstić information content (AvgIpc) is 3.25. The Balaban J connectivity index is 1.62. The SMILES string of the molecule is CCOC(=O)C1=CN(c2ccc(F)cc2F)C2NC(N3CCC(O[Si](C)(C)C(C)(C)C)C3)=C(F)C=C2C1. The number of rotatable bonds is 6. The summed E-state index contributed by atoms with van der Waals surface area (Å²) < 4.78 is 55.7. The van der Waals surface area contributed by atoms with Crippen molar-refractivity contribution < 1.29 is 27.1 Å². The Hall–Kier alpha value is -2.72. The van der Waals surface area contributed by atoms with Crippen LogP contribution >= 0.6 is 0 Å². The van der Waals surface area contributed by atoms with E-state index >= 15 is 4.39 Å². The Kier molecular flexibility index (Phi) is 7.54. The fourth-order valence-electron chi connectivity index (χ4n) is 4.62. The molecule has 6 nitrogen and oxygen atoms in total. The van der Waals surface area contributed by atoms with E-state index in [-0.39, 0.29) is 35.4 Å². The highest BCUT2D eigenvalue weighted by atomic mass is 28.4. The topological polar surface area (TPSA) is 54.0 Å². The van der Waals surface area contributed by atoms with Gasteiger partial charge in [0.15, 0.2) is 14.1 Å². The van der Waals surface area contributed by atoms with Crippen LogP contribution in [0.15, 0.2) is 53.3 Å². The van der Waals surface area contributed by atoms with Gasteiger partial charge in [-0.1, -0.05) is 20.8 Å². The maximum atomic E-state index is 15.5. The zero-order chi connectivity index (χ0) is 27.1. The summed E-state index contributed by atoms with van der Waals surface area (Å²) in [5.74, 6) is -2.21. The van der Waals surface area contributed by atoms with E-state index in [4.69, 9.17) is 9.16 Å². The third-order valence-corrected chi connectivity index (χ3v) is 12.1. The minimum atomic E-state index is -1.99. The van der Waals surface area contributed by atoms with Crippen LogP contribution in [0.25, 0.3) is 0 Å². The van der Waals surface area contributed by atoms with Crippen molar-refractivity contribution in [3.05, 3.63) is 64.9 Å². The van der Waals surface area contributed by atoms with Gasteiger partial charge in [0.1, 0.15) is 23.6 Å². The smallest absolute Gasteiger partial charge is 0.335 e. The number of allylic oxidation sites excluding steroid dienone is 2. The first-order chi connectivity index (χ1) is 17.3. The van der Waals surface area contributed by atoms with Crippen molar-refractivity contribution in [2.45, 2.75) is 70.9 Å². The summed E-state index contributed by atoms with van der Waals surface area (Å²) in [6.07, 6.45) is 3.15. The first-order valence-electron chi connectivity index (χ1n) is 12.7. The maximum Gasteiger partial charge on any atom is 0.335 e. The molecule has 0 spiro atoms. The number of ether oxygens (including phenoxy) is 1. The third kappa shape index (κ3) is 5.60. The fraction of sp³-hybridized carbons (Fsp3) is 0.519. The molecule has 0 aromatic heterocycles. The molecule has 1 fully saturated rings. The lowest BCUT2D eigenvalue weighted by molar-refractivity contribution is -0.138. The van der Waals surface area contributed by atoms with Crippen molar-refractivity contribution in [1.29, 1.82) is 0 Å². The van der Waals surface area contributed by atoms with Crippen LogP contribution in [0.4, 0.5) is 18.9 Å². The lowest BCUT2D eigenvalue weighted by atomic mass is 9.95.